The van der Waals surface area contributed by atoms with Crippen LogP contribution in [-0.4, -0.2) is 28.8 Å². The highest BCUT2D eigenvalue weighted by molar-refractivity contribution is 5.93. The van der Waals surface area contributed by atoms with Crippen molar-refractivity contribution in [1.29, 1.82) is 0 Å². The number of nitrogens with zero attached hydrogens (tertiary/aromatic N) is 1. The SMILES string of the molecule is CCC1(C)NC(=O)CCN(Cc2ccc(F)cc2C)C1=O. The molecule has 0 radical (unpaired) electrons. The van der Waals surface area contributed by atoms with Gasteiger partial charge in [0.1, 0.15) is 11.4 Å². The molecule has 2 rings (SSSR count). The first-order valence-electron chi connectivity index (χ1n) is 7.21. The van der Waals surface area contributed by atoms with Crippen molar-refractivity contribution in [3.63, 3.8) is 0 Å². The van der Waals surface area contributed by atoms with Gasteiger partial charge in [-0.05, 0) is 43.5 Å². The van der Waals surface area contributed by atoms with Gasteiger partial charge in [0.25, 0.3) is 0 Å². The molecule has 0 aromatic heterocycles. The summed E-state index contributed by atoms with van der Waals surface area (Å²) in [6, 6.07) is 4.55. The first kappa shape index (κ1) is 15.5. The average molecular weight is 292 g/mol. The van der Waals surface area contributed by atoms with E-state index in [1.165, 1.54) is 12.1 Å². The van der Waals surface area contributed by atoms with Gasteiger partial charge in [0.05, 0.1) is 0 Å². The summed E-state index contributed by atoms with van der Waals surface area (Å²) in [5.41, 5.74) is 0.851. The van der Waals surface area contributed by atoms with Gasteiger partial charge in [-0.1, -0.05) is 13.0 Å². The maximum absolute atomic E-state index is 13.2. The molecule has 0 spiro atoms. The predicted molar refractivity (Wildman–Crippen MR) is 78.0 cm³/mol. The van der Waals surface area contributed by atoms with Gasteiger partial charge < -0.3 is 10.2 Å². The Bertz CT molecular complexity index is 573. The molecular weight excluding hydrogens is 271 g/mol. The normalized spacial score (nSPS) is 23.0. The van der Waals surface area contributed by atoms with E-state index < -0.39 is 5.54 Å². The summed E-state index contributed by atoms with van der Waals surface area (Å²) in [5, 5.41) is 2.80. The summed E-state index contributed by atoms with van der Waals surface area (Å²) in [4.78, 5) is 26.1. The minimum Gasteiger partial charge on any atom is -0.342 e. The van der Waals surface area contributed by atoms with Crippen LogP contribution in [0.3, 0.4) is 0 Å². The van der Waals surface area contributed by atoms with Crippen molar-refractivity contribution in [2.24, 2.45) is 0 Å². The molecule has 114 valence electrons. The molecule has 4 nitrogen and oxygen atoms in total. The Labute approximate surface area is 124 Å². The third kappa shape index (κ3) is 3.23. The zero-order valence-electron chi connectivity index (χ0n) is 12.7. The number of nitrogens with one attached hydrogen (secondary N) is 1. The first-order valence-corrected chi connectivity index (χ1v) is 7.21. The van der Waals surface area contributed by atoms with Gasteiger partial charge in [-0.2, -0.15) is 0 Å². The Morgan fingerprint density at radius 2 is 2.10 bits per heavy atom. The zero-order chi connectivity index (χ0) is 15.6. The van der Waals surface area contributed by atoms with Crippen LogP contribution in [0.2, 0.25) is 0 Å². The Morgan fingerprint density at radius 1 is 1.38 bits per heavy atom. The number of hydrogen-bond donors (Lipinski definition) is 1. The van der Waals surface area contributed by atoms with Crippen molar-refractivity contribution in [2.75, 3.05) is 6.54 Å². The van der Waals surface area contributed by atoms with E-state index in [0.717, 1.165) is 11.1 Å². The minimum atomic E-state index is -0.860. The second kappa shape index (κ2) is 5.84. The van der Waals surface area contributed by atoms with Crippen LogP contribution in [0, 0.1) is 12.7 Å². The Morgan fingerprint density at radius 3 is 2.71 bits per heavy atom. The molecule has 1 atom stereocenters. The lowest BCUT2D eigenvalue weighted by atomic mass is 9.97. The van der Waals surface area contributed by atoms with E-state index in [1.54, 1.807) is 17.9 Å². The molecule has 21 heavy (non-hydrogen) atoms. The van der Waals surface area contributed by atoms with Crippen molar-refractivity contribution in [3.05, 3.63) is 35.1 Å². The van der Waals surface area contributed by atoms with Crippen LogP contribution in [0.25, 0.3) is 0 Å². The molecule has 0 saturated carbocycles. The third-order valence-electron chi connectivity index (χ3n) is 4.16. The molecule has 1 aliphatic heterocycles. The van der Waals surface area contributed by atoms with Gasteiger partial charge in [-0.3, -0.25) is 9.59 Å². The topological polar surface area (TPSA) is 49.4 Å². The summed E-state index contributed by atoms with van der Waals surface area (Å²) in [7, 11) is 0. The monoisotopic (exact) mass is 292 g/mol. The van der Waals surface area contributed by atoms with Gasteiger partial charge in [-0.15, -0.1) is 0 Å². The number of halogens is 1. The molecule has 1 N–H and O–H groups in total. The molecule has 2 amide bonds. The summed E-state index contributed by atoms with van der Waals surface area (Å²) >= 11 is 0. The molecule has 1 fully saturated rings. The Hall–Kier alpha value is -1.91. The van der Waals surface area contributed by atoms with Crippen molar-refractivity contribution in [3.8, 4) is 0 Å². The third-order valence-corrected chi connectivity index (χ3v) is 4.16. The Kier molecular flexibility index (Phi) is 4.30. The fourth-order valence-corrected chi connectivity index (χ4v) is 2.54. The van der Waals surface area contributed by atoms with Crippen molar-refractivity contribution in [2.45, 2.75) is 45.7 Å². The van der Waals surface area contributed by atoms with E-state index in [9.17, 15) is 14.0 Å². The predicted octanol–water partition coefficient (Wildman–Crippen LogP) is 2.15. The van der Waals surface area contributed by atoms with Gasteiger partial charge in [0.2, 0.25) is 11.8 Å². The second-order valence-corrected chi connectivity index (χ2v) is 5.78. The van der Waals surface area contributed by atoms with Gasteiger partial charge in [0, 0.05) is 19.5 Å². The standard InChI is InChI=1S/C16H21FN2O2/c1-4-16(3)15(21)19(8-7-14(20)18-16)10-12-5-6-13(17)9-11(12)2/h5-6,9H,4,7-8,10H2,1-3H3,(H,18,20). The lowest BCUT2D eigenvalue weighted by Gasteiger charge is -2.31. The second-order valence-electron chi connectivity index (χ2n) is 5.78. The van der Waals surface area contributed by atoms with E-state index in [1.807, 2.05) is 13.8 Å². The van der Waals surface area contributed by atoms with Crippen LogP contribution in [0.4, 0.5) is 4.39 Å². The highest BCUT2D eigenvalue weighted by Crippen LogP contribution is 2.21. The largest absolute Gasteiger partial charge is 0.342 e. The van der Waals surface area contributed by atoms with E-state index in [0.29, 0.717) is 25.9 Å². The molecule has 1 aliphatic rings. The maximum atomic E-state index is 13.2. The van der Waals surface area contributed by atoms with Gasteiger partial charge in [-0.25, -0.2) is 4.39 Å². The van der Waals surface area contributed by atoms with Crippen LogP contribution in [0.15, 0.2) is 18.2 Å². The fraction of sp³-hybridized carbons (Fsp3) is 0.500. The summed E-state index contributed by atoms with van der Waals surface area (Å²) < 4.78 is 13.2. The lowest BCUT2D eigenvalue weighted by molar-refractivity contribution is -0.138. The highest BCUT2D eigenvalue weighted by Gasteiger charge is 2.39. The van der Waals surface area contributed by atoms with Crippen molar-refractivity contribution < 1.29 is 14.0 Å². The van der Waals surface area contributed by atoms with Crippen LogP contribution < -0.4 is 5.32 Å². The summed E-state index contributed by atoms with van der Waals surface area (Å²) in [6.07, 6.45) is 0.831. The molecule has 1 aromatic carbocycles. The van der Waals surface area contributed by atoms with E-state index in [2.05, 4.69) is 5.32 Å². The smallest absolute Gasteiger partial charge is 0.248 e. The maximum Gasteiger partial charge on any atom is 0.248 e. The number of amides is 2. The first-order chi connectivity index (χ1) is 9.85. The number of hydrogen-bond acceptors (Lipinski definition) is 2. The Balaban J connectivity index is 2.25. The quantitative estimate of drug-likeness (QED) is 0.928. The molecule has 1 heterocycles. The van der Waals surface area contributed by atoms with Crippen LogP contribution in [-0.2, 0) is 16.1 Å². The number of rotatable bonds is 3. The number of aryl methyl sites for hydroxylation is 1. The van der Waals surface area contributed by atoms with E-state index in [4.69, 9.17) is 0 Å². The van der Waals surface area contributed by atoms with E-state index >= 15 is 0 Å². The molecule has 1 aromatic rings. The molecule has 1 saturated heterocycles. The lowest BCUT2D eigenvalue weighted by Crippen LogP contribution is -2.54. The van der Waals surface area contributed by atoms with Crippen LogP contribution in [0.5, 0.6) is 0 Å². The van der Waals surface area contributed by atoms with Crippen molar-refractivity contribution >= 4 is 11.8 Å². The number of benzene rings is 1. The fourth-order valence-electron chi connectivity index (χ4n) is 2.54. The zero-order valence-corrected chi connectivity index (χ0v) is 12.7. The van der Waals surface area contributed by atoms with Gasteiger partial charge >= 0.3 is 0 Å². The summed E-state index contributed by atoms with van der Waals surface area (Å²) in [6.45, 7) is 6.24. The average Bonchev–Trinajstić information content (AvgIpc) is 2.53. The summed E-state index contributed by atoms with van der Waals surface area (Å²) in [5.74, 6) is -0.473. The molecule has 0 bridgehead atoms. The molecule has 0 aliphatic carbocycles. The van der Waals surface area contributed by atoms with Gasteiger partial charge in [0.15, 0.2) is 0 Å². The number of carbonyl (C=O) groups is 2. The molecule has 5 heteroatoms. The minimum absolute atomic E-state index is 0.0837. The highest BCUT2D eigenvalue weighted by atomic mass is 19.1. The van der Waals surface area contributed by atoms with Crippen LogP contribution in [0.1, 0.15) is 37.8 Å². The molecular formula is C16H21FN2O2. The number of carbonyl (C=O) groups excluding carboxylic acids is 2. The molecule has 1 unspecified atom stereocenters. The van der Waals surface area contributed by atoms with E-state index in [-0.39, 0.29) is 17.6 Å². The van der Waals surface area contributed by atoms with Crippen LogP contribution >= 0.6 is 0 Å². The van der Waals surface area contributed by atoms with Crippen molar-refractivity contribution in [1.82, 2.24) is 10.2 Å².